The predicted octanol–water partition coefficient (Wildman–Crippen LogP) is 2.10. The summed E-state index contributed by atoms with van der Waals surface area (Å²) in [6.45, 7) is 9.62. The molecule has 1 aromatic carbocycles. The highest BCUT2D eigenvalue weighted by Gasteiger charge is 2.36. The zero-order valence-corrected chi connectivity index (χ0v) is 11.7. The van der Waals surface area contributed by atoms with E-state index in [-0.39, 0.29) is 6.10 Å². The fourth-order valence-corrected chi connectivity index (χ4v) is 2.40. The Bertz CT molecular complexity index is 440. The molecule has 0 saturated carbocycles. The first kappa shape index (κ1) is 13.4. The molecule has 1 saturated heterocycles. The molecule has 0 aromatic heterocycles. The summed E-state index contributed by atoms with van der Waals surface area (Å²) in [7, 11) is 0. The maximum absolute atomic E-state index is 10.4. The van der Waals surface area contributed by atoms with Crippen LogP contribution in [0.4, 0.5) is 0 Å². The van der Waals surface area contributed by atoms with Crippen LogP contribution in [0.3, 0.4) is 0 Å². The van der Waals surface area contributed by atoms with Gasteiger partial charge in [0.25, 0.3) is 0 Å². The van der Waals surface area contributed by atoms with Crippen LogP contribution in [0.5, 0.6) is 5.75 Å². The van der Waals surface area contributed by atoms with Gasteiger partial charge in [-0.15, -0.1) is 0 Å². The van der Waals surface area contributed by atoms with Gasteiger partial charge in [-0.05, 0) is 63.4 Å². The van der Waals surface area contributed by atoms with Crippen molar-refractivity contribution in [2.75, 3.05) is 13.1 Å². The summed E-state index contributed by atoms with van der Waals surface area (Å²) in [4.78, 5) is 0. The summed E-state index contributed by atoms with van der Waals surface area (Å²) >= 11 is 0. The lowest BCUT2D eigenvalue weighted by Crippen LogP contribution is -2.55. The van der Waals surface area contributed by atoms with E-state index in [0.717, 1.165) is 24.3 Å². The molecule has 0 radical (unpaired) electrons. The van der Waals surface area contributed by atoms with E-state index in [9.17, 15) is 5.11 Å². The fourth-order valence-electron chi connectivity index (χ4n) is 2.40. The van der Waals surface area contributed by atoms with E-state index in [1.54, 1.807) is 0 Å². The van der Waals surface area contributed by atoms with Crippen molar-refractivity contribution in [1.29, 1.82) is 0 Å². The Kier molecular flexibility index (Phi) is 3.64. The number of nitrogens with one attached hydrogen (secondary N) is 1. The number of piperidine rings is 1. The lowest BCUT2D eigenvalue weighted by molar-refractivity contribution is -0.0660. The van der Waals surface area contributed by atoms with Crippen molar-refractivity contribution in [1.82, 2.24) is 5.32 Å². The van der Waals surface area contributed by atoms with Crippen molar-refractivity contribution < 1.29 is 9.84 Å². The maximum atomic E-state index is 10.4. The van der Waals surface area contributed by atoms with Gasteiger partial charge in [-0.3, -0.25) is 0 Å². The highest BCUT2D eigenvalue weighted by Crippen LogP contribution is 2.28. The second kappa shape index (κ2) is 4.90. The smallest absolute Gasteiger partial charge is 0.139 e. The van der Waals surface area contributed by atoms with Gasteiger partial charge in [0.2, 0.25) is 0 Å². The maximum Gasteiger partial charge on any atom is 0.139 e. The molecule has 1 aromatic rings. The lowest BCUT2D eigenvalue weighted by Gasteiger charge is -2.37. The molecule has 0 spiro atoms. The van der Waals surface area contributed by atoms with Crippen LogP contribution >= 0.6 is 0 Å². The van der Waals surface area contributed by atoms with E-state index in [2.05, 4.69) is 32.2 Å². The summed E-state index contributed by atoms with van der Waals surface area (Å²) in [5.74, 6) is 0.890. The van der Waals surface area contributed by atoms with Crippen LogP contribution in [0.15, 0.2) is 12.1 Å². The van der Waals surface area contributed by atoms with Crippen molar-refractivity contribution in [2.45, 2.75) is 45.8 Å². The van der Waals surface area contributed by atoms with Crippen molar-refractivity contribution >= 4 is 0 Å². The molecule has 1 aliphatic rings. The zero-order valence-electron chi connectivity index (χ0n) is 11.7. The van der Waals surface area contributed by atoms with Crippen LogP contribution in [0, 0.1) is 20.8 Å². The van der Waals surface area contributed by atoms with Gasteiger partial charge in [0.15, 0.2) is 0 Å². The van der Waals surface area contributed by atoms with Gasteiger partial charge in [0.1, 0.15) is 17.5 Å². The normalized spacial score (nSPS) is 28.2. The number of ether oxygens (including phenoxy) is 1. The summed E-state index contributed by atoms with van der Waals surface area (Å²) in [6, 6.07) is 4.20. The van der Waals surface area contributed by atoms with Gasteiger partial charge in [0.05, 0.1) is 0 Å². The van der Waals surface area contributed by atoms with E-state index in [0.29, 0.717) is 6.54 Å². The molecule has 3 heteroatoms. The van der Waals surface area contributed by atoms with E-state index in [1.807, 2.05) is 13.0 Å². The molecule has 1 fully saturated rings. The number of aryl methyl sites for hydroxylation is 2. The molecule has 18 heavy (non-hydrogen) atoms. The van der Waals surface area contributed by atoms with Crippen molar-refractivity contribution in [2.24, 2.45) is 0 Å². The van der Waals surface area contributed by atoms with E-state index < -0.39 is 5.60 Å². The van der Waals surface area contributed by atoms with Crippen molar-refractivity contribution in [3.63, 3.8) is 0 Å². The molecule has 0 aliphatic carbocycles. The lowest BCUT2D eigenvalue weighted by atomic mass is 9.91. The minimum atomic E-state index is -0.755. The van der Waals surface area contributed by atoms with Gasteiger partial charge in [-0.1, -0.05) is 6.07 Å². The Labute approximate surface area is 109 Å². The molecule has 0 bridgehead atoms. The minimum Gasteiger partial charge on any atom is -0.486 e. The minimum absolute atomic E-state index is 0.189. The number of aliphatic hydroxyl groups is 1. The standard InChI is InChI=1S/C15H23NO2/c1-10-7-11(2)12(3)13(8-10)18-14-9-16-6-5-15(14,4)17/h7-8,14,16-17H,5-6,9H2,1-4H3. The fraction of sp³-hybridized carbons (Fsp3) is 0.600. The van der Waals surface area contributed by atoms with Crippen LogP contribution < -0.4 is 10.1 Å². The van der Waals surface area contributed by atoms with Crippen LogP contribution in [-0.2, 0) is 0 Å². The molecular formula is C15H23NO2. The highest BCUT2D eigenvalue weighted by atomic mass is 16.5. The van der Waals surface area contributed by atoms with E-state index >= 15 is 0 Å². The highest BCUT2D eigenvalue weighted by molar-refractivity contribution is 5.42. The third-order valence-electron chi connectivity index (χ3n) is 3.86. The van der Waals surface area contributed by atoms with Gasteiger partial charge in [-0.2, -0.15) is 0 Å². The Hall–Kier alpha value is -1.06. The Morgan fingerprint density at radius 2 is 2.06 bits per heavy atom. The summed E-state index contributed by atoms with van der Waals surface area (Å²) in [5.41, 5.74) is 2.82. The first-order chi connectivity index (χ1) is 8.40. The molecule has 100 valence electrons. The SMILES string of the molecule is Cc1cc(C)c(C)c(OC2CNCCC2(C)O)c1. The Morgan fingerprint density at radius 3 is 2.72 bits per heavy atom. The molecule has 0 amide bonds. The number of benzene rings is 1. The Balaban J connectivity index is 2.23. The molecule has 1 aliphatic heterocycles. The van der Waals surface area contributed by atoms with Crippen LogP contribution in [0.2, 0.25) is 0 Å². The van der Waals surface area contributed by atoms with Gasteiger partial charge in [-0.25, -0.2) is 0 Å². The monoisotopic (exact) mass is 249 g/mol. The largest absolute Gasteiger partial charge is 0.486 e. The zero-order chi connectivity index (χ0) is 13.3. The van der Waals surface area contributed by atoms with Gasteiger partial charge < -0.3 is 15.2 Å². The van der Waals surface area contributed by atoms with Crippen LogP contribution in [0.25, 0.3) is 0 Å². The molecule has 2 rings (SSSR count). The van der Waals surface area contributed by atoms with Crippen molar-refractivity contribution in [3.05, 3.63) is 28.8 Å². The molecule has 2 unspecified atom stereocenters. The molecule has 2 atom stereocenters. The second-order valence-corrected chi connectivity index (χ2v) is 5.62. The quantitative estimate of drug-likeness (QED) is 0.843. The molecule has 1 heterocycles. The summed E-state index contributed by atoms with van der Waals surface area (Å²) in [5, 5.41) is 13.6. The van der Waals surface area contributed by atoms with Gasteiger partial charge in [0, 0.05) is 6.54 Å². The number of rotatable bonds is 2. The average molecular weight is 249 g/mol. The predicted molar refractivity (Wildman–Crippen MR) is 73.2 cm³/mol. The third-order valence-corrected chi connectivity index (χ3v) is 3.86. The molecular weight excluding hydrogens is 226 g/mol. The van der Waals surface area contributed by atoms with Crippen LogP contribution in [0.1, 0.15) is 30.0 Å². The summed E-state index contributed by atoms with van der Waals surface area (Å²) in [6.07, 6.45) is 0.535. The first-order valence-corrected chi connectivity index (χ1v) is 6.58. The van der Waals surface area contributed by atoms with Crippen molar-refractivity contribution in [3.8, 4) is 5.75 Å². The topological polar surface area (TPSA) is 41.5 Å². The average Bonchev–Trinajstić information content (AvgIpc) is 2.27. The molecule has 2 N–H and O–H groups in total. The number of hydrogen-bond donors (Lipinski definition) is 2. The Morgan fingerprint density at radius 1 is 1.33 bits per heavy atom. The second-order valence-electron chi connectivity index (χ2n) is 5.62. The first-order valence-electron chi connectivity index (χ1n) is 6.58. The summed E-state index contributed by atoms with van der Waals surface area (Å²) < 4.78 is 6.05. The van der Waals surface area contributed by atoms with E-state index in [1.165, 1.54) is 11.1 Å². The van der Waals surface area contributed by atoms with E-state index in [4.69, 9.17) is 4.74 Å². The van der Waals surface area contributed by atoms with Gasteiger partial charge >= 0.3 is 0 Å². The van der Waals surface area contributed by atoms with Crippen LogP contribution in [-0.4, -0.2) is 29.9 Å². The molecule has 3 nitrogen and oxygen atoms in total. The third kappa shape index (κ3) is 2.68. The number of hydrogen-bond acceptors (Lipinski definition) is 3.